The van der Waals surface area contributed by atoms with Crippen molar-refractivity contribution in [2.75, 3.05) is 13.2 Å². The van der Waals surface area contributed by atoms with Crippen LogP contribution in [0.15, 0.2) is 0 Å². The van der Waals surface area contributed by atoms with Crippen LogP contribution in [0.5, 0.6) is 0 Å². The first-order valence-corrected chi connectivity index (χ1v) is 11.2. The van der Waals surface area contributed by atoms with Gasteiger partial charge in [0.05, 0.1) is 18.4 Å². The molecule has 2 aliphatic carbocycles. The Labute approximate surface area is 166 Å². The Balaban J connectivity index is 1.26. The van der Waals surface area contributed by atoms with Crippen molar-refractivity contribution >= 4 is 0 Å². The van der Waals surface area contributed by atoms with Gasteiger partial charge in [-0.1, -0.05) is 19.3 Å². The Morgan fingerprint density at radius 3 is 2.68 bits per heavy atom. The number of nitrogens with two attached hydrogens (primary N) is 1. The van der Waals surface area contributed by atoms with Crippen LogP contribution in [0, 0.1) is 23.7 Å². The van der Waals surface area contributed by atoms with Gasteiger partial charge in [-0.2, -0.15) is 0 Å². The summed E-state index contributed by atoms with van der Waals surface area (Å²) >= 11 is 0. The van der Waals surface area contributed by atoms with Crippen molar-refractivity contribution in [3.8, 4) is 0 Å². The molecule has 7 N–H and O–H groups in total. The molecule has 8 heteroatoms. The maximum Gasteiger partial charge on any atom is 0.141 e. The monoisotopic (exact) mass is 396 g/mol. The molecule has 5 rings (SSSR count). The highest BCUT2D eigenvalue weighted by atomic mass is 16.6. The number of hydrogen-bond acceptors (Lipinski definition) is 8. The number of nitrogens with one attached hydrogen (secondary N) is 2. The van der Waals surface area contributed by atoms with Crippen LogP contribution in [0.25, 0.3) is 0 Å². The van der Waals surface area contributed by atoms with Gasteiger partial charge in [-0.3, -0.25) is 15.5 Å². The maximum absolute atomic E-state index is 11.1. The Morgan fingerprint density at radius 1 is 1.00 bits per heavy atom. The molecule has 5 aliphatic rings. The maximum atomic E-state index is 11.1. The number of likely N-dealkylation sites (tertiary alicyclic amines) is 1. The van der Waals surface area contributed by atoms with Crippen LogP contribution >= 0.6 is 0 Å². The zero-order chi connectivity index (χ0) is 19.4. The largest absolute Gasteiger partial charge is 0.390 e. The Bertz CT molecular complexity index is 568. The van der Waals surface area contributed by atoms with E-state index in [-0.39, 0.29) is 24.2 Å². The molecule has 160 valence electrons. The standard InChI is InChI=1S/C20H36N4O4/c21-18-13-6-7-24(19(13)23-9-22-18)20-16(27)15(26)17(28-20)14(25)12-5-4-10-2-1-3-11(10)8-12/h10-20,22-23,25-27H,1-9,21H2/t10?,11?,12?,13?,14-,15+,16-,17-,18?,19?,20-/m1/s1. The molecule has 2 saturated carbocycles. The average molecular weight is 397 g/mol. The summed E-state index contributed by atoms with van der Waals surface area (Å²) in [7, 11) is 0. The second-order valence-corrected chi connectivity index (χ2v) is 9.73. The van der Waals surface area contributed by atoms with Crippen LogP contribution in [0.4, 0.5) is 0 Å². The van der Waals surface area contributed by atoms with Crippen LogP contribution in [-0.2, 0) is 4.74 Å². The third kappa shape index (κ3) is 3.22. The van der Waals surface area contributed by atoms with Crippen molar-refractivity contribution in [3.05, 3.63) is 0 Å². The molecule has 3 aliphatic heterocycles. The van der Waals surface area contributed by atoms with Crippen molar-refractivity contribution in [2.24, 2.45) is 29.4 Å². The molecule has 3 saturated heterocycles. The molecule has 0 aromatic carbocycles. The van der Waals surface area contributed by atoms with Crippen molar-refractivity contribution in [3.63, 3.8) is 0 Å². The quantitative estimate of drug-likeness (QED) is 0.363. The Hall–Kier alpha value is -0.320. The van der Waals surface area contributed by atoms with E-state index in [1.54, 1.807) is 0 Å². The summed E-state index contributed by atoms with van der Waals surface area (Å²) < 4.78 is 6.16. The number of aliphatic hydroxyl groups is 3. The molecule has 0 spiro atoms. The van der Waals surface area contributed by atoms with Crippen LogP contribution < -0.4 is 16.4 Å². The summed E-state index contributed by atoms with van der Waals surface area (Å²) in [6, 6.07) is 0. The van der Waals surface area contributed by atoms with Crippen LogP contribution in [0.1, 0.15) is 44.9 Å². The van der Waals surface area contributed by atoms with Crippen molar-refractivity contribution < 1.29 is 20.1 Å². The van der Waals surface area contributed by atoms with Gasteiger partial charge in [0.15, 0.2) is 0 Å². The van der Waals surface area contributed by atoms with E-state index in [4.69, 9.17) is 10.5 Å². The lowest BCUT2D eigenvalue weighted by atomic mass is 9.72. The van der Waals surface area contributed by atoms with Gasteiger partial charge in [0.1, 0.15) is 24.5 Å². The van der Waals surface area contributed by atoms with Gasteiger partial charge in [-0.05, 0) is 43.4 Å². The molecule has 0 radical (unpaired) electrons. The summed E-state index contributed by atoms with van der Waals surface area (Å²) in [5.74, 6) is 1.94. The number of ether oxygens (including phenoxy) is 1. The van der Waals surface area contributed by atoms with Crippen molar-refractivity contribution in [1.82, 2.24) is 15.5 Å². The van der Waals surface area contributed by atoms with E-state index in [0.717, 1.165) is 31.7 Å². The first kappa shape index (κ1) is 19.6. The molecule has 5 fully saturated rings. The van der Waals surface area contributed by atoms with E-state index < -0.39 is 30.6 Å². The molecular formula is C20H36N4O4. The zero-order valence-electron chi connectivity index (χ0n) is 16.5. The summed E-state index contributed by atoms with van der Waals surface area (Å²) in [6.45, 7) is 1.36. The number of fused-ring (bicyclic) bond motifs is 2. The van der Waals surface area contributed by atoms with E-state index in [1.165, 1.54) is 25.7 Å². The minimum Gasteiger partial charge on any atom is -0.390 e. The Kier molecular flexibility index (Phi) is 5.43. The zero-order valence-corrected chi connectivity index (χ0v) is 16.5. The fraction of sp³-hybridized carbons (Fsp3) is 1.00. The van der Waals surface area contributed by atoms with Gasteiger partial charge in [-0.25, -0.2) is 0 Å². The fourth-order valence-corrected chi connectivity index (χ4v) is 6.76. The minimum atomic E-state index is -1.06. The smallest absolute Gasteiger partial charge is 0.141 e. The van der Waals surface area contributed by atoms with Crippen LogP contribution in [0.2, 0.25) is 0 Å². The molecule has 28 heavy (non-hydrogen) atoms. The van der Waals surface area contributed by atoms with Gasteiger partial charge in [0.2, 0.25) is 0 Å². The number of rotatable bonds is 3. The second kappa shape index (κ2) is 7.74. The summed E-state index contributed by atoms with van der Waals surface area (Å²) in [5, 5.41) is 39.1. The first-order valence-electron chi connectivity index (χ1n) is 11.2. The molecule has 8 nitrogen and oxygen atoms in total. The number of hydrogen-bond donors (Lipinski definition) is 6. The normalized spacial score (nSPS) is 53.1. The van der Waals surface area contributed by atoms with Gasteiger partial charge >= 0.3 is 0 Å². The van der Waals surface area contributed by atoms with Crippen LogP contribution in [-0.4, -0.2) is 76.4 Å². The van der Waals surface area contributed by atoms with E-state index in [0.29, 0.717) is 12.6 Å². The topological polar surface area (TPSA) is 123 Å². The summed E-state index contributed by atoms with van der Waals surface area (Å²) in [6.07, 6.45) is 3.81. The van der Waals surface area contributed by atoms with E-state index in [2.05, 4.69) is 15.5 Å². The molecular weight excluding hydrogens is 360 g/mol. The molecule has 0 aromatic rings. The summed E-state index contributed by atoms with van der Waals surface area (Å²) in [4.78, 5) is 2.08. The van der Waals surface area contributed by atoms with E-state index in [9.17, 15) is 15.3 Å². The molecule has 0 bridgehead atoms. The average Bonchev–Trinajstić information content (AvgIpc) is 3.40. The predicted octanol–water partition coefficient (Wildman–Crippen LogP) is -0.906. The second-order valence-electron chi connectivity index (χ2n) is 9.73. The number of aliphatic hydroxyl groups excluding tert-OH is 3. The minimum absolute atomic E-state index is 0.0212. The Morgan fingerprint density at radius 2 is 1.82 bits per heavy atom. The van der Waals surface area contributed by atoms with Crippen molar-refractivity contribution in [1.29, 1.82) is 0 Å². The van der Waals surface area contributed by atoms with Gasteiger partial charge in [0.25, 0.3) is 0 Å². The number of nitrogens with zero attached hydrogens (tertiary/aromatic N) is 1. The van der Waals surface area contributed by atoms with Gasteiger partial charge in [0, 0.05) is 19.1 Å². The van der Waals surface area contributed by atoms with E-state index >= 15 is 0 Å². The highest BCUT2D eigenvalue weighted by molar-refractivity contribution is 5.02. The third-order valence-electron chi connectivity index (χ3n) is 8.35. The lowest BCUT2D eigenvalue weighted by Gasteiger charge is -2.40. The van der Waals surface area contributed by atoms with E-state index in [1.807, 2.05) is 0 Å². The molecule has 3 heterocycles. The summed E-state index contributed by atoms with van der Waals surface area (Å²) in [5.41, 5.74) is 6.19. The molecule has 0 aromatic heterocycles. The molecule has 6 unspecified atom stereocenters. The lowest BCUT2D eigenvalue weighted by Crippen LogP contribution is -2.64. The molecule has 11 atom stereocenters. The first-order chi connectivity index (χ1) is 13.5. The highest BCUT2D eigenvalue weighted by Crippen LogP contribution is 2.46. The SMILES string of the molecule is NC1NCNC2C1CCN2[C@@H]1O[C@H]([C@H](O)C2CCC3CCCC3C2)[C@@H](O)[C@H]1O. The fourth-order valence-electron chi connectivity index (χ4n) is 6.76. The van der Waals surface area contributed by atoms with Crippen molar-refractivity contribution in [2.45, 2.75) is 87.9 Å². The van der Waals surface area contributed by atoms with Gasteiger partial charge < -0.3 is 25.8 Å². The third-order valence-corrected chi connectivity index (χ3v) is 8.35. The lowest BCUT2D eigenvalue weighted by molar-refractivity contribution is -0.139. The highest BCUT2D eigenvalue weighted by Gasteiger charge is 2.54. The van der Waals surface area contributed by atoms with Crippen LogP contribution in [0.3, 0.4) is 0 Å². The molecule has 0 amide bonds. The predicted molar refractivity (Wildman–Crippen MR) is 103 cm³/mol. The van der Waals surface area contributed by atoms with Gasteiger partial charge in [-0.15, -0.1) is 0 Å².